The van der Waals surface area contributed by atoms with E-state index in [2.05, 4.69) is 25.8 Å². The van der Waals surface area contributed by atoms with Crippen LogP contribution in [0.1, 0.15) is 45.3 Å². The van der Waals surface area contributed by atoms with Gasteiger partial charge in [0.15, 0.2) is 0 Å². The SMILES string of the molecule is CCCSc1ncc(C(C)CC)o1. The molecule has 0 radical (unpaired) electrons. The number of hydrogen-bond donors (Lipinski definition) is 0. The minimum Gasteiger partial charge on any atom is -0.436 e. The van der Waals surface area contributed by atoms with E-state index < -0.39 is 0 Å². The van der Waals surface area contributed by atoms with Crippen LogP contribution in [-0.4, -0.2) is 10.7 Å². The van der Waals surface area contributed by atoms with Crippen LogP contribution in [0.5, 0.6) is 0 Å². The third-order valence-corrected chi connectivity index (χ3v) is 3.08. The predicted molar refractivity (Wildman–Crippen MR) is 56.2 cm³/mol. The van der Waals surface area contributed by atoms with Crippen LogP contribution in [0.25, 0.3) is 0 Å². The van der Waals surface area contributed by atoms with E-state index in [0.29, 0.717) is 5.92 Å². The lowest BCUT2D eigenvalue weighted by atomic mass is 10.1. The van der Waals surface area contributed by atoms with E-state index in [1.807, 2.05) is 6.20 Å². The van der Waals surface area contributed by atoms with Gasteiger partial charge in [0, 0.05) is 11.7 Å². The standard InChI is InChI=1S/C10H17NOS/c1-4-6-13-10-11-7-9(12-10)8(3)5-2/h7-8H,4-6H2,1-3H3. The van der Waals surface area contributed by atoms with Gasteiger partial charge in [-0.2, -0.15) is 0 Å². The first-order valence-corrected chi connectivity index (χ1v) is 5.85. The summed E-state index contributed by atoms with van der Waals surface area (Å²) in [5, 5.41) is 0.817. The number of rotatable bonds is 5. The van der Waals surface area contributed by atoms with Crippen LogP contribution in [0.15, 0.2) is 15.8 Å². The summed E-state index contributed by atoms with van der Waals surface area (Å²) in [6.07, 6.45) is 4.12. The van der Waals surface area contributed by atoms with Crippen molar-refractivity contribution >= 4 is 11.8 Å². The molecule has 0 N–H and O–H groups in total. The zero-order valence-corrected chi connectivity index (χ0v) is 9.36. The van der Waals surface area contributed by atoms with Crippen LogP contribution < -0.4 is 0 Å². The van der Waals surface area contributed by atoms with E-state index in [1.165, 1.54) is 0 Å². The fraction of sp³-hybridized carbons (Fsp3) is 0.700. The summed E-state index contributed by atoms with van der Waals surface area (Å²) in [5.41, 5.74) is 0. The number of hydrogen-bond acceptors (Lipinski definition) is 3. The summed E-state index contributed by atoms with van der Waals surface area (Å²) >= 11 is 1.69. The highest BCUT2D eigenvalue weighted by atomic mass is 32.2. The minimum atomic E-state index is 0.489. The highest BCUT2D eigenvalue weighted by molar-refractivity contribution is 7.99. The van der Waals surface area contributed by atoms with Gasteiger partial charge in [0.05, 0.1) is 6.20 Å². The number of oxazole rings is 1. The molecule has 1 heterocycles. The van der Waals surface area contributed by atoms with E-state index in [0.717, 1.165) is 29.6 Å². The van der Waals surface area contributed by atoms with Crippen molar-refractivity contribution in [3.05, 3.63) is 12.0 Å². The second kappa shape index (κ2) is 5.32. The summed E-state index contributed by atoms with van der Waals surface area (Å²) < 4.78 is 5.59. The summed E-state index contributed by atoms with van der Waals surface area (Å²) in [6, 6.07) is 0. The lowest BCUT2D eigenvalue weighted by Crippen LogP contribution is -1.86. The van der Waals surface area contributed by atoms with Crippen molar-refractivity contribution in [1.82, 2.24) is 4.98 Å². The Labute approximate surface area is 84.1 Å². The molecule has 1 unspecified atom stereocenters. The van der Waals surface area contributed by atoms with Crippen molar-refractivity contribution in [2.75, 3.05) is 5.75 Å². The van der Waals surface area contributed by atoms with E-state index in [1.54, 1.807) is 11.8 Å². The molecule has 0 saturated carbocycles. The molecule has 74 valence electrons. The van der Waals surface area contributed by atoms with Gasteiger partial charge in [0.25, 0.3) is 5.22 Å². The largest absolute Gasteiger partial charge is 0.436 e. The molecule has 0 spiro atoms. The maximum atomic E-state index is 5.59. The topological polar surface area (TPSA) is 26.0 Å². The van der Waals surface area contributed by atoms with Gasteiger partial charge in [-0.3, -0.25) is 0 Å². The summed E-state index contributed by atoms with van der Waals surface area (Å²) in [7, 11) is 0. The van der Waals surface area contributed by atoms with E-state index in [4.69, 9.17) is 4.42 Å². The number of thioether (sulfide) groups is 1. The Morgan fingerprint density at radius 2 is 2.31 bits per heavy atom. The smallest absolute Gasteiger partial charge is 0.255 e. The van der Waals surface area contributed by atoms with Crippen LogP contribution in [0, 0.1) is 0 Å². The zero-order valence-electron chi connectivity index (χ0n) is 8.54. The Morgan fingerprint density at radius 1 is 1.54 bits per heavy atom. The first-order chi connectivity index (χ1) is 6.27. The highest BCUT2D eigenvalue weighted by Crippen LogP contribution is 2.24. The van der Waals surface area contributed by atoms with Gasteiger partial charge in [0.2, 0.25) is 0 Å². The van der Waals surface area contributed by atoms with Gasteiger partial charge in [0.1, 0.15) is 5.76 Å². The van der Waals surface area contributed by atoms with Gasteiger partial charge >= 0.3 is 0 Å². The van der Waals surface area contributed by atoms with Crippen LogP contribution in [0.2, 0.25) is 0 Å². The molecule has 1 rings (SSSR count). The summed E-state index contributed by atoms with van der Waals surface area (Å²) in [6.45, 7) is 6.48. The molecule has 1 aromatic rings. The summed E-state index contributed by atoms with van der Waals surface area (Å²) in [4.78, 5) is 4.22. The molecule has 0 aromatic carbocycles. The van der Waals surface area contributed by atoms with Crippen LogP contribution in [-0.2, 0) is 0 Å². The highest BCUT2D eigenvalue weighted by Gasteiger charge is 2.09. The molecule has 0 aliphatic carbocycles. The van der Waals surface area contributed by atoms with Gasteiger partial charge in [-0.25, -0.2) is 4.98 Å². The zero-order chi connectivity index (χ0) is 9.68. The normalized spacial score (nSPS) is 13.2. The Kier molecular flexibility index (Phi) is 4.36. The van der Waals surface area contributed by atoms with Gasteiger partial charge < -0.3 is 4.42 Å². The molecular formula is C10H17NOS. The second-order valence-electron chi connectivity index (χ2n) is 3.19. The Bertz CT molecular complexity index is 247. The average molecular weight is 199 g/mol. The lowest BCUT2D eigenvalue weighted by Gasteiger charge is -2.01. The van der Waals surface area contributed by atoms with Crippen molar-refractivity contribution in [3.63, 3.8) is 0 Å². The number of nitrogens with zero attached hydrogens (tertiary/aromatic N) is 1. The van der Waals surface area contributed by atoms with Gasteiger partial charge in [-0.05, 0) is 12.8 Å². The van der Waals surface area contributed by atoms with Crippen molar-refractivity contribution in [2.45, 2.75) is 44.8 Å². The molecule has 0 fully saturated rings. The monoisotopic (exact) mass is 199 g/mol. The lowest BCUT2D eigenvalue weighted by molar-refractivity contribution is 0.393. The van der Waals surface area contributed by atoms with Crippen molar-refractivity contribution in [2.24, 2.45) is 0 Å². The molecule has 1 atom stereocenters. The third-order valence-electron chi connectivity index (χ3n) is 2.03. The molecule has 3 heteroatoms. The van der Waals surface area contributed by atoms with Crippen molar-refractivity contribution < 1.29 is 4.42 Å². The Morgan fingerprint density at radius 3 is 2.92 bits per heavy atom. The third kappa shape index (κ3) is 3.07. The fourth-order valence-electron chi connectivity index (χ4n) is 0.955. The maximum Gasteiger partial charge on any atom is 0.255 e. The molecule has 0 bridgehead atoms. The van der Waals surface area contributed by atoms with Crippen LogP contribution in [0.3, 0.4) is 0 Å². The van der Waals surface area contributed by atoms with Crippen LogP contribution >= 0.6 is 11.8 Å². The molecule has 0 amide bonds. The Hall–Kier alpha value is -0.440. The molecule has 0 aliphatic rings. The average Bonchev–Trinajstić information content (AvgIpc) is 2.62. The first-order valence-electron chi connectivity index (χ1n) is 4.86. The minimum absolute atomic E-state index is 0.489. The van der Waals surface area contributed by atoms with Crippen molar-refractivity contribution in [3.8, 4) is 0 Å². The number of aromatic nitrogens is 1. The molecular weight excluding hydrogens is 182 g/mol. The van der Waals surface area contributed by atoms with E-state index in [9.17, 15) is 0 Å². The Balaban J connectivity index is 2.53. The van der Waals surface area contributed by atoms with Gasteiger partial charge in [-0.1, -0.05) is 32.5 Å². The molecule has 0 aliphatic heterocycles. The maximum absolute atomic E-state index is 5.59. The molecule has 1 aromatic heterocycles. The molecule has 2 nitrogen and oxygen atoms in total. The van der Waals surface area contributed by atoms with Crippen LogP contribution in [0.4, 0.5) is 0 Å². The predicted octanol–water partition coefficient (Wildman–Crippen LogP) is 3.69. The first kappa shape index (κ1) is 10.6. The quantitative estimate of drug-likeness (QED) is 0.676. The van der Waals surface area contributed by atoms with Gasteiger partial charge in [-0.15, -0.1) is 0 Å². The van der Waals surface area contributed by atoms with Crippen molar-refractivity contribution in [1.29, 1.82) is 0 Å². The van der Waals surface area contributed by atoms with E-state index in [-0.39, 0.29) is 0 Å². The van der Waals surface area contributed by atoms with E-state index >= 15 is 0 Å². The fourth-order valence-corrected chi connectivity index (χ4v) is 1.62. The second-order valence-corrected chi connectivity index (χ2v) is 4.23. The molecule has 0 saturated heterocycles. The molecule has 13 heavy (non-hydrogen) atoms. The summed E-state index contributed by atoms with van der Waals surface area (Å²) in [5.74, 6) is 2.59.